The van der Waals surface area contributed by atoms with Crippen LogP contribution < -0.4 is 5.32 Å². The molecular weight excluding hydrogens is 194 g/mol. The molecule has 1 atom stereocenters. The van der Waals surface area contributed by atoms with Gasteiger partial charge in [0.05, 0.1) is 0 Å². The van der Waals surface area contributed by atoms with Gasteiger partial charge in [0.15, 0.2) is 0 Å². The van der Waals surface area contributed by atoms with E-state index in [0.29, 0.717) is 5.92 Å². The van der Waals surface area contributed by atoms with Crippen LogP contribution in [0, 0.1) is 5.92 Å². The third-order valence-electron chi connectivity index (χ3n) is 1.99. The van der Waals surface area contributed by atoms with Crippen LogP contribution in [0.1, 0.15) is 48.0 Å². The normalized spacial score (nSPS) is 18.2. The maximum atomic E-state index is 3.76. The molecule has 0 aromatic carbocycles. The summed E-state index contributed by atoms with van der Waals surface area (Å²) in [6.07, 6.45) is 7.36. The van der Waals surface area contributed by atoms with Crippen molar-refractivity contribution in [3.8, 4) is 0 Å². The minimum absolute atomic E-state index is 0.624. The van der Waals surface area contributed by atoms with Gasteiger partial charge >= 0.3 is 0 Å². The molecule has 94 valence electrons. The summed E-state index contributed by atoms with van der Waals surface area (Å²) in [5.41, 5.74) is 2.57. The Labute approximate surface area is 102 Å². The lowest BCUT2D eigenvalue weighted by Crippen LogP contribution is -2.08. The summed E-state index contributed by atoms with van der Waals surface area (Å²) in [5, 5.41) is 3.30. The molecule has 0 radical (unpaired) electrons. The van der Waals surface area contributed by atoms with Crippen molar-refractivity contribution in [1.29, 1.82) is 0 Å². The first-order valence-corrected chi connectivity index (χ1v) is 6.44. The van der Waals surface area contributed by atoms with E-state index < -0.39 is 0 Å². The van der Waals surface area contributed by atoms with Crippen molar-refractivity contribution in [3.63, 3.8) is 0 Å². The highest BCUT2D eigenvalue weighted by Crippen LogP contribution is 2.21. The van der Waals surface area contributed by atoms with E-state index >= 15 is 0 Å². The molecule has 16 heavy (non-hydrogen) atoms. The van der Waals surface area contributed by atoms with Gasteiger partial charge in [0.2, 0.25) is 0 Å². The van der Waals surface area contributed by atoms with Crippen molar-refractivity contribution >= 4 is 0 Å². The van der Waals surface area contributed by atoms with Crippen LogP contribution in [0.15, 0.2) is 36.1 Å². The van der Waals surface area contributed by atoms with Crippen LogP contribution in [-0.4, -0.2) is 6.54 Å². The van der Waals surface area contributed by atoms with Gasteiger partial charge in [-0.25, -0.2) is 0 Å². The molecule has 0 aromatic rings. The largest absolute Gasteiger partial charge is 0.384 e. The Kier molecular flexibility index (Phi) is 13.2. The van der Waals surface area contributed by atoms with E-state index in [1.165, 1.54) is 17.7 Å². The third-order valence-corrected chi connectivity index (χ3v) is 1.99. The lowest BCUT2D eigenvalue weighted by atomic mass is 10.0. The minimum Gasteiger partial charge on any atom is -0.384 e. The highest BCUT2D eigenvalue weighted by atomic mass is 14.9. The molecule has 1 nitrogen and oxygen atoms in total. The molecule has 0 spiro atoms. The first-order valence-electron chi connectivity index (χ1n) is 6.44. The fourth-order valence-corrected chi connectivity index (χ4v) is 1.36. The van der Waals surface area contributed by atoms with Crippen molar-refractivity contribution in [2.24, 2.45) is 5.92 Å². The molecule has 0 saturated carbocycles. The van der Waals surface area contributed by atoms with E-state index in [-0.39, 0.29) is 0 Å². The quantitative estimate of drug-likeness (QED) is 0.716. The zero-order valence-electron chi connectivity index (χ0n) is 11.9. The topological polar surface area (TPSA) is 12.0 Å². The van der Waals surface area contributed by atoms with E-state index in [9.17, 15) is 0 Å². The van der Waals surface area contributed by atoms with E-state index in [2.05, 4.69) is 44.8 Å². The third kappa shape index (κ3) is 6.49. The standard InChI is InChI=1S/C10H15N.C3H8.C2H6/c1-4-6-9-8(3)7-11-10(9)5-2;1-3-2;1-2/h4-6,8,11H,2,7H2,1,3H3;3H2,1-2H3;1-2H3/b6-4-;;. The van der Waals surface area contributed by atoms with Gasteiger partial charge in [-0.15, -0.1) is 0 Å². The lowest BCUT2D eigenvalue weighted by Gasteiger charge is -2.00. The summed E-state index contributed by atoms with van der Waals surface area (Å²) >= 11 is 0. The van der Waals surface area contributed by atoms with Crippen LogP contribution in [0.25, 0.3) is 0 Å². The lowest BCUT2D eigenvalue weighted by molar-refractivity contribution is 0.703. The first kappa shape index (κ1) is 17.4. The predicted octanol–water partition coefficient (Wildman–Crippen LogP) is 4.68. The predicted molar refractivity (Wildman–Crippen MR) is 76.5 cm³/mol. The van der Waals surface area contributed by atoms with Gasteiger partial charge in [-0.3, -0.25) is 0 Å². The molecule has 0 saturated heterocycles. The smallest absolute Gasteiger partial charge is 0.0370 e. The highest BCUT2D eigenvalue weighted by Gasteiger charge is 2.16. The SMILES string of the molecule is C=CC1=C(/C=C\C)C(C)CN1.CC.CCC. The Morgan fingerprint density at radius 2 is 1.88 bits per heavy atom. The van der Waals surface area contributed by atoms with E-state index in [1.54, 1.807) is 0 Å². The minimum atomic E-state index is 0.624. The van der Waals surface area contributed by atoms with Crippen LogP contribution in [0.5, 0.6) is 0 Å². The molecular formula is C15H29N. The maximum Gasteiger partial charge on any atom is 0.0370 e. The molecule has 0 aromatic heterocycles. The fraction of sp³-hybridized carbons (Fsp3) is 0.600. The summed E-state index contributed by atoms with van der Waals surface area (Å²) in [7, 11) is 0. The number of hydrogen-bond acceptors (Lipinski definition) is 1. The summed E-state index contributed by atoms with van der Waals surface area (Å²) in [6, 6.07) is 0. The molecule has 1 heterocycles. The van der Waals surface area contributed by atoms with Crippen LogP contribution in [0.3, 0.4) is 0 Å². The monoisotopic (exact) mass is 223 g/mol. The average Bonchev–Trinajstić information content (AvgIpc) is 2.65. The highest BCUT2D eigenvalue weighted by molar-refractivity contribution is 5.36. The Bertz CT molecular complexity index is 224. The van der Waals surface area contributed by atoms with Crippen molar-refractivity contribution in [1.82, 2.24) is 5.32 Å². The van der Waals surface area contributed by atoms with Crippen molar-refractivity contribution < 1.29 is 0 Å². The molecule has 0 fully saturated rings. The van der Waals surface area contributed by atoms with E-state index in [1.807, 2.05) is 26.8 Å². The summed E-state index contributed by atoms with van der Waals surface area (Å²) in [5.74, 6) is 0.624. The van der Waals surface area contributed by atoms with Crippen molar-refractivity contribution in [3.05, 3.63) is 36.1 Å². The molecule has 0 bridgehead atoms. The zero-order chi connectivity index (χ0) is 13.0. The van der Waals surface area contributed by atoms with E-state index in [0.717, 1.165) is 6.54 Å². The Morgan fingerprint density at radius 1 is 1.38 bits per heavy atom. The van der Waals surface area contributed by atoms with Crippen LogP contribution >= 0.6 is 0 Å². The van der Waals surface area contributed by atoms with Gasteiger partial charge in [-0.05, 0) is 18.6 Å². The van der Waals surface area contributed by atoms with Crippen LogP contribution in [0.4, 0.5) is 0 Å². The van der Waals surface area contributed by atoms with Crippen LogP contribution in [0.2, 0.25) is 0 Å². The number of hydrogen-bond donors (Lipinski definition) is 1. The Hall–Kier alpha value is -0.980. The molecule has 1 aliphatic heterocycles. The number of rotatable bonds is 2. The van der Waals surface area contributed by atoms with Gasteiger partial charge in [0.1, 0.15) is 0 Å². The fourth-order valence-electron chi connectivity index (χ4n) is 1.36. The second-order valence-corrected chi connectivity index (χ2v) is 3.56. The molecule has 1 rings (SSSR count). The van der Waals surface area contributed by atoms with Gasteiger partial charge in [-0.1, -0.05) is 59.8 Å². The summed E-state index contributed by atoms with van der Waals surface area (Å²) < 4.78 is 0. The molecule has 1 N–H and O–H groups in total. The Balaban J connectivity index is 0. The van der Waals surface area contributed by atoms with E-state index in [4.69, 9.17) is 0 Å². The molecule has 1 aliphatic rings. The molecule has 1 heteroatoms. The summed E-state index contributed by atoms with van der Waals surface area (Å²) in [6.45, 7) is 17.3. The first-order chi connectivity index (χ1) is 7.71. The number of allylic oxidation sites excluding steroid dienone is 3. The van der Waals surface area contributed by atoms with Crippen LogP contribution in [-0.2, 0) is 0 Å². The van der Waals surface area contributed by atoms with Gasteiger partial charge in [0, 0.05) is 18.2 Å². The van der Waals surface area contributed by atoms with Gasteiger partial charge in [-0.2, -0.15) is 0 Å². The molecule has 1 unspecified atom stereocenters. The second kappa shape index (κ2) is 12.1. The van der Waals surface area contributed by atoms with Crippen molar-refractivity contribution in [2.75, 3.05) is 6.54 Å². The average molecular weight is 223 g/mol. The summed E-state index contributed by atoms with van der Waals surface area (Å²) in [4.78, 5) is 0. The number of nitrogens with one attached hydrogen (secondary N) is 1. The second-order valence-electron chi connectivity index (χ2n) is 3.56. The molecule has 0 amide bonds. The molecule has 0 aliphatic carbocycles. The zero-order valence-corrected chi connectivity index (χ0v) is 11.9. The Morgan fingerprint density at radius 3 is 2.25 bits per heavy atom. The van der Waals surface area contributed by atoms with Crippen molar-refractivity contribution in [2.45, 2.75) is 48.0 Å². The van der Waals surface area contributed by atoms with Gasteiger partial charge < -0.3 is 5.32 Å². The van der Waals surface area contributed by atoms with Gasteiger partial charge in [0.25, 0.3) is 0 Å². The maximum absolute atomic E-state index is 3.76.